The Kier molecular flexibility index (Phi) is 9.51. The van der Waals surface area contributed by atoms with E-state index in [1.807, 2.05) is 85.1 Å². The number of para-hydroxylation sites is 1. The fourth-order valence-corrected chi connectivity index (χ4v) is 6.72. The van der Waals surface area contributed by atoms with E-state index in [1.165, 1.54) is 23.5 Å². The van der Waals surface area contributed by atoms with Gasteiger partial charge >= 0.3 is 11.9 Å². The first kappa shape index (κ1) is 31.8. The topological polar surface area (TPSA) is 107 Å². The number of aromatic nitrogens is 1. The Morgan fingerprint density at radius 3 is 2.34 bits per heavy atom. The van der Waals surface area contributed by atoms with Crippen LogP contribution in [0.15, 0.2) is 123 Å². The number of thiazole rings is 1. The zero-order valence-corrected chi connectivity index (χ0v) is 27.2. The number of rotatable bonds is 10. The highest BCUT2D eigenvalue weighted by atomic mass is 32.2. The van der Waals surface area contributed by atoms with Gasteiger partial charge in [0.25, 0.3) is 5.56 Å². The molecule has 0 radical (unpaired) electrons. The van der Waals surface area contributed by atoms with Gasteiger partial charge < -0.3 is 14.6 Å². The van der Waals surface area contributed by atoms with Gasteiger partial charge in [-0.15, -0.1) is 11.8 Å². The number of carboxylic acid groups (broad SMARTS) is 1. The predicted octanol–water partition coefficient (Wildman–Crippen LogP) is 5.93. The number of carbonyl (C=O) groups excluding carboxylic acids is 1. The molecule has 47 heavy (non-hydrogen) atoms. The summed E-state index contributed by atoms with van der Waals surface area (Å²) >= 11 is 2.85. The minimum Gasteiger partial charge on any atom is -0.488 e. The lowest BCUT2D eigenvalue weighted by molar-refractivity contribution is -0.138. The summed E-state index contributed by atoms with van der Waals surface area (Å²) in [5.41, 5.74) is 3.67. The van der Waals surface area contributed by atoms with Gasteiger partial charge in [0.05, 0.1) is 34.0 Å². The molecule has 0 fully saturated rings. The van der Waals surface area contributed by atoms with Gasteiger partial charge in [-0.05, 0) is 60.7 Å². The average molecular weight is 663 g/mol. The van der Waals surface area contributed by atoms with Gasteiger partial charge in [0.1, 0.15) is 12.4 Å². The third kappa shape index (κ3) is 6.70. The molecule has 4 aromatic carbocycles. The van der Waals surface area contributed by atoms with Crippen LogP contribution in [-0.2, 0) is 16.1 Å². The van der Waals surface area contributed by atoms with Crippen LogP contribution in [0.3, 0.4) is 0 Å². The highest BCUT2D eigenvalue weighted by Gasteiger charge is 2.35. The molecule has 1 atom stereocenters. The number of carbonyl (C=O) groups is 2. The largest absolute Gasteiger partial charge is 0.488 e. The molecule has 0 saturated carbocycles. The third-order valence-corrected chi connectivity index (χ3v) is 9.33. The fourth-order valence-electron chi connectivity index (χ4n) is 5.32. The first-order chi connectivity index (χ1) is 22.9. The Morgan fingerprint density at radius 1 is 0.957 bits per heavy atom. The third-order valence-electron chi connectivity index (χ3n) is 7.61. The van der Waals surface area contributed by atoms with E-state index in [2.05, 4.69) is 0 Å². The van der Waals surface area contributed by atoms with Crippen LogP contribution in [0.1, 0.15) is 45.6 Å². The van der Waals surface area contributed by atoms with Crippen LogP contribution in [0.25, 0.3) is 11.8 Å². The van der Waals surface area contributed by atoms with Crippen LogP contribution in [0, 0.1) is 0 Å². The minimum absolute atomic E-state index is 0.174. The van der Waals surface area contributed by atoms with Crippen molar-refractivity contribution in [2.24, 2.45) is 4.99 Å². The molecule has 1 N–H and O–H groups in total. The zero-order valence-electron chi connectivity index (χ0n) is 25.6. The summed E-state index contributed by atoms with van der Waals surface area (Å²) in [6.45, 7) is 2.14. The second-order valence-electron chi connectivity index (χ2n) is 10.5. The number of carboxylic acids is 1. The number of aromatic carboxylic acids is 1. The molecular weight excluding hydrogens is 633 g/mol. The van der Waals surface area contributed by atoms with Gasteiger partial charge in [0.2, 0.25) is 0 Å². The lowest BCUT2D eigenvalue weighted by Gasteiger charge is -2.26. The summed E-state index contributed by atoms with van der Waals surface area (Å²) in [5, 5.41) is 9.19. The maximum atomic E-state index is 14.3. The number of nitrogens with zero attached hydrogens (tertiary/aromatic N) is 2. The van der Waals surface area contributed by atoms with Crippen molar-refractivity contribution in [1.82, 2.24) is 4.57 Å². The first-order valence-corrected chi connectivity index (χ1v) is 16.9. The number of thioether (sulfide) groups is 1. The summed E-state index contributed by atoms with van der Waals surface area (Å²) in [4.78, 5) is 45.6. The molecule has 8 nitrogen and oxygen atoms in total. The Balaban J connectivity index is 1.48. The van der Waals surface area contributed by atoms with E-state index < -0.39 is 18.0 Å². The summed E-state index contributed by atoms with van der Waals surface area (Å²) < 4.78 is 13.7. The molecule has 0 amide bonds. The van der Waals surface area contributed by atoms with Gasteiger partial charge in [-0.25, -0.2) is 14.6 Å². The quantitative estimate of drug-likeness (QED) is 0.146. The van der Waals surface area contributed by atoms with E-state index >= 15 is 0 Å². The Bertz CT molecular complexity index is 2150. The molecular formula is C37H30N2O6S2. The average Bonchev–Trinajstić information content (AvgIpc) is 3.41. The van der Waals surface area contributed by atoms with Gasteiger partial charge in [-0.2, -0.15) is 0 Å². The Morgan fingerprint density at radius 2 is 1.66 bits per heavy atom. The Labute approximate surface area is 279 Å². The minimum atomic E-state index is -0.992. The SMILES string of the molecule is CCOC(=O)C1=C(c2ccccc2)N=c2s/c(=C\c3ccccc3OCc3ccc(C(=O)O)cc3)c(=O)n2[C@H]1c1ccc(SC)cc1. The lowest BCUT2D eigenvalue weighted by Crippen LogP contribution is -2.40. The molecule has 1 aliphatic heterocycles. The molecule has 6 rings (SSSR count). The van der Waals surface area contributed by atoms with E-state index in [1.54, 1.807) is 41.5 Å². The molecule has 236 valence electrons. The Hall–Kier alpha value is -5.19. The van der Waals surface area contributed by atoms with Crippen molar-refractivity contribution < 1.29 is 24.2 Å². The predicted molar refractivity (Wildman–Crippen MR) is 183 cm³/mol. The van der Waals surface area contributed by atoms with Crippen molar-refractivity contribution in [3.63, 3.8) is 0 Å². The lowest BCUT2D eigenvalue weighted by atomic mass is 9.93. The number of benzene rings is 4. The molecule has 0 aliphatic carbocycles. The molecule has 0 bridgehead atoms. The van der Waals surface area contributed by atoms with Gasteiger partial charge in [0, 0.05) is 16.0 Å². The summed E-state index contributed by atoms with van der Waals surface area (Å²) in [7, 11) is 0. The molecule has 0 saturated heterocycles. The number of hydrogen-bond acceptors (Lipinski definition) is 8. The van der Waals surface area contributed by atoms with Crippen LogP contribution in [0.4, 0.5) is 0 Å². The van der Waals surface area contributed by atoms with Gasteiger partial charge in [-0.3, -0.25) is 9.36 Å². The van der Waals surface area contributed by atoms with Crippen molar-refractivity contribution in [2.45, 2.75) is 24.5 Å². The van der Waals surface area contributed by atoms with E-state index in [-0.39, 0.29) is 24.3 Å². The van der Waals surface area contributed by atoms with E-state index in [4.69, 9.17) is 14.5 Å². The van der Waals surface area contributed by atoms with Crippen LogP contribution in [0.2, 0.25) is 0 Å². The normalized spacial score (nSPS) is 14.3. The summed E-state index contributed by atoms with van der Waals surface area (Å²) in [5.74, 6) is -0.964. The van der Waals surface area contributed by atoms with Crippen LogP contribution in [0.5, 0.6) is 5.75 Å². The molecule has 0 spiro atoms. The number of ether oxygens (including phenoxy) is 2. The standard InChI is InChI=1S/C37H30N2O6S2/c1-3-44-36(43)31-32(24-9-5-4-6-10-24)38-37-39(33(31)25-17-19-28(46-2)20-18-25)34(40)30(47-37)21-27-11-7-8-12-29(27)45-22-23-13-15-26(16-14-23)35(41)42/h4-21,33H,3,22H2,1-2H3,(H,41,42)/b30-21-/t33-/m0/s1. The molecule has 1 aliphatic rings. The van der Waals surface area contributed by atoms with Crippen molar-refractivity contribution >= 4 is 46.8 Å². The summed E-state index contributed by atoms with van der Waals surface area (Å²) in [6, 6.07) is 30.4. The molecule has 2 heterocycles. The van der Waals surface area contributed by atoms with Crippen molar-refractivity contribution in [3.8, 4) is 5.75 Å². The zero-order chi connectivity index (χ0) is 32.9. The number of hydrogen-bond donors (Lipinski definition) is 1. The summed E-state index contributed by atoms with van der Waals surface area (Å²) in [6.07, 6.45) is 3.77. The fraction of sp³-hybridized carbons (Fsp3) is 0.135. The molecule has 5 aromatic rings. The number of fused-ring (bicyclic) bond motifs is 1. The van der Waals surface area contributed by atoms with E-state index in [0.29, 0.717) is 31.9 Å². The van der Waals surface area contributed by atoms with Crippen molar-refractivity contribution in [2.75, 3.05) is 12.9 Å². The van der Waals surface area contributed by atoms with E-state index in [0.717, 1.165) is 21.6 Å². The maximum absolute atomic E-state index is 14.3. The van der Waals surface area contributed by atoms with Gasteiger partial charge in [0.15, 0.2) is 4.80 Å². The molecule has 1 aromatic heterocycles. The maximum Gasteiger partial charge on any atom is 0.338 e. The van der Waals surface area contributed by atoms with Crippen LogP contribution < -0.4 is 19.6 Å². The van der Waals surface area contributed by atoms with E-state index in [9.17, 15) is 19.5 Å². The van der Waals surface area contributed by atoms with Gasteiger partial charge in [-0.1, -0.05) is 84.1 Å². The highest BCUT2D eigenvalue weighted by Crippen LogP contribution is 2.35. The monoisotopic (exact) mass is 662 g/mol. The molecule has 0 unspecified atom stereocenters. The van der Waals surface area contributed by atoms with Crippen molar-refractivity contribution in [1.29, 1.82) is 0 Å². The van der Waals surface area contributed by atoms with Crippen LogP contribution in [-0.4, -0.2) is 34.5 Å². The second-order valence-corrected chi connectivity index (χ2v) is 12.4. The second kappa shape index (κ2) is 14.1. The highest BCUT2D eigenvalue weighted by molar-refractivity contribution is 7.98. The van der Waals surface area contributed by atoms with Crippen LogP contribution >= 0.6 is 23.1 Å². The first-order valence-electron chi connectivity index (χ1n) is 14.8. The number of esters is 1. The van der Waals surface area contributed by atoms with Crippen molar-refractivity contribution in [3.05, 3.63) is 156 Å². The molecule has 10 heteroatoms. The smallest absolute Gasteiger partial charge is 0.338 e.